The molecular weight excluding hydrogens is 168 g/mol. The van der Waals surface area contributed by atoms with E-state index >= 15 is 0 Å². The van der Waals surface area contributed by atoms with Crippen molar-refractivity contribution in [1.82, 2.24) is 0 Å². The van der Waals surface area contributed by atoms with Crippen LogP contribution in [0.15, 0.2) is 35.5 Å². The Bertz CT molecular complexity index is 317. The summed E-state index contributed by atoms with van der Waals surface area (Å²) in [5.41, 5.74) is 3.33. The van der Waals surface area contributed by atoms with Crippen molar-refractivity contribution in [2.75, 3.05) is 0 Å². The van der Waals surface area contributed by atoms with Gasteiger partial charge < -0.3 is 0 Å². The Morgan fingerprint density at radius 3 is 3.07 bits per heavy atom. The summed E-state index contributed by atoms with van der Waals surface area (Å²) in [6.07, 6.45) is 17.9. The number of fused-ring (bicyclic) bond motifs is 2. The molecule has 0 aliphatic heterocycles. The van der Waals surface area contributed by atoms with Gasteiger partial charge in [0.1, 0.15) is 0 Å². The van der Waals surface area contributed by atoms with Crippen molar-refractivity contribution in [3.05, 3.63) is 35.5 Å². The molecule has 2 unspecified atom stereocenters. The van der Waals surface area contributed by atoms with Crippen LogP contribution in [0.3, 0.4) is 0 Å². The Morgan fingerprint density at radius 2 is 2.07 bits per heavy atom. The molecule has 14 heavy (non-hydrogen) atoms. The van der Waals surface area contributed by atoms with Gasteiger partial charge in [-0.05, 0) is 55.9 Å². The van der Waals surface area contributed by atoms with Gasteiger partial charge in [-0.3, -0.25) is 0 Å². The Balaban J connectivity index is 1.92. The van der Waals surface area contributed by atoms with E-state index in [1.165, 1.54) is 38.5 Å². The summed E-state index contributed by atoms with van der Waals surface area (Å²) in [4.78, 5) is 0. The van der Waals surface area contributed by atoms with Crippen LogP contribution in [0.1, 0.15) is 38.5 Å². The van der Waals surface area contributed by atoms with Crippen LogP contribution in [0.25, 0.3) is 0 Å². The van der Waals surface area contributed by atoms with Crippen LogP contribution in [-0.4, -0.2) is 0 Å². The Morgan fingerprint density at radius 1 is 1.07 bits per heavy atom. The van der Waals surface area contributed by atoms with E-state index in [1.54, 1.807) is 11.1 Å². The summed E-state index contributed by atoms with van der Waals surface area (Å²) in [7, 11) is 0. The summed E-state index contributed by atoms with van der Waals surface area (Å²) in [5.74, 6) is 1.80. The molecule has 2 atom stereocenters. The highest BCUT2D eigenvalue weighted by Gasteiger charge is 2.27. The van der Waals surface area contributed by atoms with E-state index in [-0.39, 0.29) is 0 Å². The summed E-state index contributed by atoms with van der Waals surface area (Å²) in [6.45, 7) is 0. The third kappa shape index (κ3) is 1.37. The molecular formula is C14H18. The topological polar surface area (TPSA) is 0 Å². The zero-order chi connectivity index (χ0) is 9.38. The molecule has 3 aliphatic rings. The van der Waals surface area contributed by atoms with Crippen molar-refractivity contribution >= 4 is 0 Å². The molecule has 0 aromatic heterocycles. The molecule has 0 N–H and O–H groups in total. The molecule has 0 heteroatoms. The number of hydrogen-bond donors (Lipinski definition) is 0. The summed E-state index contributed by atoms with van der Waals surface area (Å²) < 4.78 is 0. The number of hydrogen-bond acceptors (Lipinski definition) is 0. The van der Waals surface area contributed by atoms with Gasteiger partial charge in [0, 0.05) is 0 Å². The van der Waals surface area contributed by atoms with Crippen molar-refractivity contribution < 1.29 is 0 Å². The average Bonchev–Trinajstić information content (AvgIpc) is 2.58. The van der Waals surface area contributed by atoms with Crippen molar-refractivity contribution in [2.45, 2.75) is 38.5 Å². The first-order chi connectivity index (χ1) is 6.93. The van der Waals surface area contributed by atoms with E-state index in [0.717, 1.165) is 11.8 Å². The lowest BCUT2D eigenvalue weighted by Crippen LogP contribution is -2.10. The van der Waals surface area contributed by atoms with Gasteiger partial charge >= 0.3 is 0 Å². The normalized spacial score (nSPS) is 35.4. The van der Waals surface area contributed by atoms with Crippen LogP contribution >= 0.6 is 0 Å². The third-order valence-corrected chi connectivity index (χ3v) is 4.06. The van der Waals surface area contributed by atoms with Gasteiger partial charge in [-0.15, -0.1) is 0 Å². The summed E-state index contributed by atoms with van der Waals surface area (Å²) >= 11 is 0. The van der Waals surface area contributed by atoms with E-state index in [4.69, 9.17) is 0 Å². The predicted molar refractivity (Wildman–Crippen MR) is 60.0 cm³/mol. The Labute approximate surface area is 86.4 Å². The van der Waals surface area contributed by atoms with Crippen LogP contribution in [0.4, 0.5) is 0 Å². The quantitative estimate of drug-likeness (QED) is 0.536. The zero-order valence-electron chi connectivity index (χ0n) is 8.71. The molecule has 74 valence electrons. The lowest BCUT2D eigenvalue weighted by atomic mass is 9.82. The van der Waals surface area contributed by atoms with E-state index in [9.17, 15) is 0 Å². The Kier molecular flexibility index (Phi) is 2.08. The molecule has 0 spiro atoms. The molecule has 0 saturated heterocycles. The molecule has 0 radical (unpaired) electrons. The van der Waals surface area contributed by atoms with Gasteiger partial charge in [0.15, 0.2) is 0 Å². The maximum Gasteiger partial charge on any atom is -0.0153 e. The van der Waals surface area contributed by atoms with Gasteiger partial charge in [0.25, 0.3) is 0 Å². The van der Waals surface area contributed by atoms with Crippen LogP contribution in [0.5, 0.6) is 0 Å². The van der Waals surface area contributed by atoms with Crippen molar-refractivity contribution in [3.8, 4) is 0 Å². The number of rotatable bonds is 0. The second-order valence-electron chi connectivity index (χ2n) is 4.91. The highest BCUT2D eigenvalue weighted by Crippen LogP contribution is 2.41. The zero-order valence-corrected chi connectivity index (χ0v) is 8.71. The molecule has 3 aliphatic carbocycles. The van der Waals surface area contributed by atoms with E-state index in [0.29, 0.717) is 0 Å². The lowest BCUT2D eigenvalue weighted by Gasteiger charge is -2.22. The van der Waals surface area contributed by atoms with E-state index in [1.807, 2.05) is 0 Å². The van der Waals surface area contributed by atoms with Crippen LogP contribution < -0.4 is 0 Å². The average molecular weight is 186 g/mol. The molecule has 0 nitrogen and oxygen atoms in total. The second kappa shape index (κ2) is 3.42. The maximum absolute atomic E-state index is 2.42. The second-order valence-corrected chi connectivity index (χ2v) is 4.91. The molecule has 1 saturated carbocycles. The fraction of sp³-hybridized carbons (Fsp3) is 0.571. The first-order valence-corrected chi connectivity index (χ1v) is 6.00. The highest BCUT2D eigenvalue weighted by atomic mass is 14.3. The lowest BCUT2D eigenvalue weighted by molar-refractivity contribution is 0.437. The van der Waals surface area contributed by atoms with Gasteiger partial charge in [0.05, 0.1) is 0 Å². The molecule has 0 amide bonds. The minimum absolute atomic E-state index is 0.872. The molecule has 1 fully saturated rings. The van der Waals surface area contributed by atoms with Gasteiger partial charge in [-0.1, -0.05) is 29.9 Å². The molecule has 0 aromatic carbocycles. The van der Waals surface area contributed by atoms with Crippen molar-refractivity contribution in [3.63, 3.8) is 0 Å². The maximum atomic E-state index is 2.42. The van der Waals surface area contributed by atoms with Gasteiger partial charge in [0.2, 0.25) is 0 Å². The monoisotopic (exact) mass is 186 g/mol. The van der Waals surface area contributed by atoms with Crippen LogP contribution in [0.2, 0.25) is 0 Å². The van der Waals surface area contributed by atoms with Gasteiger partial charge in [-0.2, -0.15) is 0 Å². The first kappa shape index (κ1) is 8.52. The first-order valence-electron chi connectivity index (χ1n) is 6.00. The van der Waals surface area contributed by atoms with Crippen LogP contribution in [0, 0.1) is 11.8 Å². The van der Waals surface area contributed by atoms with E-state index < -0.39 is 0 Å². The standard InChI is InChI=1S/C14H18/c1-2-5-13-10-14-7-3-6-12(14)9-8-11(13)4-1/h1,4,8-9,13-14H,2-3,5-7,10H2. The minimum atomic E-state index is 0.872. The van der Waals surface area contributed by atoms with Crippen molar-refractivity contribution in [2.24, 2.45) is 11.8 Å². The fourth-order valence-corrected chi connectivity index (χ4v) is 3.24. The summed E-state index contributed by atoms with van der Waals surface area (Å²) in [6, 6.07) is 0. The van der Waals surface area contributed by atoms with Crippen LogP contribution in [-0.2, 0) is 0 Å². The highest BCUT2D eigenvalue weighted by molar-refractivity contribution is 5.34. The molecule has 0 bridgehead atoms. The number of allylic oxidation sites excluding steroid dienone is 6. The minimum Gasteiger partial charge on any atom is -0.0842 e. The summed E-state index contributed by atoms with van der Waals surface area (Å²) in [5, 5.41) is 0. The molecule has 0 aromatic rings. The fourth-order valence-electron chi connectivity index (χ4n) is 3.24. The third-order valence-electron chi connectivity index (χ3n) is 4.06. The van der Waals surface area contributed by atoms with Gasteiger partial charge in [-0.25, -0.2) is 0 Å². The van der Waals surface area contributed by atoms with Crippen molar-refractivity contribution in [1.29, 1.82) is 0 Å². The molecule has 0 heterocycles. The van der Waals surface area contributed by atoms with E-state index in [2.05, 4.69) is 24.3 Å². The predicted octanol–water partition coefficient (Wildman–Crippen LogP) is 4.01. The SMILES string of the molecule is C1=CC2=CC=C3CCCC3CC2CC1. The Hall–Kier alpha value is -0.780. The smallest absolute Gasteiger partial charge is 0.0153 e. The largest absolute Gasteiger partial charge is 0.0842 e. The molecule has 3 rings (SSSR count).